The van der Waals surface area contributed by atoms with Crippen molar-refractivity contribution < 1.29 is 27.4 Å². The van der Waals surface area contributed by atoms with Crippen LogP contribution in [0.3, 0.4) is 0 Å². The highest BCUT2D eigenvalue weighted by atomic mass is 32.1. The van der Waals surface area contributed by atoms with E-state index in [0.717, 1.165) is 6.07 Å². The van der Waals surface area contributed by atoms with E-state index in [4.69, 9.17) is 21.7 Å². The van der Waals surface area contributed by atoms with E-state index in [2.05, 4.69) is 16.0 Å². The number of benzene rings is 2. The third-order valence-electron chi connectivity index (χ3n) is 4.75. The van der Waals surface area contributed by atoms with Crippen molar-refractivity contribution in [2.24, 2.45) is 0 Å². The summed E-state index contributed by atoms with van der Waals surface area (Å²) < 4.78 is 51.3. The van der Waals surface area contributed by atoms with Crippen molar-refractivity contribution in [3.05, 3.63) is 64.9 Å². The van der Waals surface area contributed by atoms with Gasteiger partial charge in [0.05, 0.1) is 37.1 Å². The van der Waals surface area contributed by atoms with Gasteiger partial charge in [-0.1, -0.05) is 18.2 Å². The van der Waals surface area contributed by atoms with E-state index >= 15 is 0 Å². The Morgan fingerprint density at radius 2 is 1.84 bits per heavy atom. The van der Waals surface area contributed by atoms with Crippen LogP contribution in [-0.2, 0) is 11.0 Å². The van der Waals surface area contributed by atoms with E-state index in [1.807, 2.05) is 0 Å². The second-order valence-corrected chi connectivity index (χ2v) is 7.08. The lowest BCUT2D eigenvalue weighted by molar-refractivity contribution is -0.138. The lowest BCUT2D eigenvalue weighted by atomic mass is 9.91. The number of methoxy groups -OCH3 is 2. The number of thiocarbonyl (C=S) groups is 1. The number of alkyl halides is 3. The molecule has 0 aliphatic carbocycles. The van der Waals surface area contributed by atoms with E-state index in [0.29, 0.717) is 22.9 Å². The fourth-order valence-electron chi connectivity index (χ4n) is 3.34. The van der Waals surface area contributed by atoms with Crippen LogP contribution < -0.4 is 25.4 Å². The van der Waals surface area contributed by atoms with Gasteiger partial charge in [0, 0.05) is 11.8 Å². The molecule has 164 valence electrons. The molecular formula is C21H20F3N3O3S. The third-order valence-corrected chi connectivity index (χ3v) is 4.97. The first-order chi connectivity index (χ1) is 14.7. The van der Waals surface area contributed by atoms with Gasteiger partial charge in [-0.2, -0.15) is 13.2 Å². The third kappa shape index (κ3) is 4.74. The van der Waals surface area contributed by atoms with Crippen molar-refractivity contribution in [2.75, 3.05) is 19.5 Å². The van der Waals surface area contributed by atoms with Gasteiger partial charge in [0.25, 0.3) is 5.91 Å². The summed E-state index contributed by atoms with van der Waals surface area (Å²) in [5.74, 6) is 0.224. The Morgan fingerprint density at radius 3 is 2.48 bits per heavy atom. The number of hydrogen-bond acceptors (Lipinski definition) is 4. The molecule has 0 fully saturated rings. The number of rotatable bonds is 5. The molecule has 2 aromatic rings. The van der Waals surface area contributed by atoms with Crippen molar-refractivity contribution in [1.29, 1.82) is 0 Å². The van der Waals surface area contributed by atoms with Crippen LogP contribution in [0.4, 0.5) is 18.9 Å². The maximum atomic E-state index is 13.6. The Kier molecular flexibility index (Phi) is 6.40. The van der Waals surface area contributed by atoms with Gasteiger partial charge in [0.1, 0.15) is 11.5 Å². The molecule has 0 saturated carbocycles. The molecule has 1 heterocycles. The van der Waals surface area contributed by atoms with Crippen LogP contribution in [0.25, 0.3) is 0 Å². The average Bonchev–Trinajstić information content (AvgIpc) is 2.72. The van der Waals surface area contributed by atoms with Crippen LogP contribution in [-0.4, -0.2) is 25.2 Å². The van der Waals surface area contributed by atoms with Gasteiger partial charge in [-0.15, -0.1) is 0 Å². The predicted molar refractivity (Wildman–Crippen MR) is 114 cm³/mol. The molecule has 0 radical (unpaired) electrons. The predicted octanol–water partition coefficient (Wildman–Crippen LogP) is 4.15. The van der Waals surface area contributed by atoms with Crippen LogP contribution in [0.5, 0.6) is 11.5 Å². The zero-order valence-electron chi connectivity index (χ0n) is 16.9. The highest BCUT2D eigenvalue weighted by Gasteiger charge is 2.39. The first-order valence-corrected chi connectivity index (χ1v) is 9.54. The summed E-state index contributed by atoms with van der Waals surface area (Å²) in [5, 5.41) is 8.42. The Bertz CT molecular complexity index is 1050. The molecule has 1 aliphatic heterocycles. The van der Waals surface area contributed by atoms with Crippen LogP contribution >= 0.6 is 12.2 Å². The molecule has 0 saturated heterocycles. The van der Waals surface area contributed by atoms with Gasteiger partial charge in [-0.05, 0) is 42.9 Å². The van der Waals surface area contributed by atoms with Gasteiger partial charge in [0.2, 0.25) is 0 Å². The SMILES string of the molecule is COc1ccc(OC)c(NC(=O)C2=C(C)NC(=S)NC2c2ccccc2C(F)(F)F)c1. The fraction of sp³-hybridized carbons (Fsp3) is 0.238. The summed E-state index contributed by atoms with van der Waals surface area (Å²) in [6.45, 7) is 1.58. The summed E-state index contributed by atoms with van der Waals surface area (Å²) in [6, 6.07) is 8.78. The first-order valence-electron chi connectivity index (χ1n) is 9.13. The fourth-order valence-corrected chi connectivity index (χ4v) is 3.61. The van der Waals surface area contributed by atoms with Gasteiger partial charge < -0.3 is 25.4 Å². The molecule has 0 spiro atoms. The molecule has 10 heteroatoms. The van der Waals surface area contributed by atoms with E-state index in [9.17, 15) is 18.0 Å². The van der Waals surface area contributed by atoms with Crippen LogP contribution in [0, 0.1) is 0 Å². The maximum Gasteiger partial charge on any atom is 0.416 e. The Hall–Kier alpha value is -3.27. The summed E-state index contributed by atoms with van der Waals surface area (Å²) >= 11 is 5.13. The number of halogens is 3. The Labute approximate surface area is 182 Å². The average molecular weight is 451 g/mol. The van der Waals surface area contributed by atoms with Crippen LogP contribution in [0.15, 0.2) is 53.7 Å². The van der Waals surface area contributed by atoms with E-state index < -0.39 is 23.7 Å². The number of anilines is 1. The first kappa shape index (κ1) is 22.4. The van der Waals surface area contributed by atoms with E-state index in [1.165, 1.54) is 32.4 Å². The van der Waals surface area contributed by atoms with Crippen LogP contribution in [0.1, 0.15) is 24.1 Å². The summed E-state index contributed by atoms with van der Waals surface area (Å²) in [4.78, 5) is 13.2. The lowest BCUT2D eigenvalue weighted by Crippen LogP contribution is -2.46. The molecule has 31 heavy (non-hydrogen) atoms. The normalized spacial score (nSPS) is 16.3. The molecular weight excluding hydrogens is 431 g/mol. The molecule has 1 amide bonds. The highest BCUT2D eigenvalue weighted by Crippen LogP contribution is 2.38. The van der Waals surface area contributed by atoms with Gasteiger partial charge in [-0.25, -0.2) is 0 Å². The number of allylic oxidation sites excluding steroid dienone is 1. The highest BCUT2D eigenvalue weighted by molar-refractivity contribution is 7.80. The molecule has 1 unspecified atom stereocenters. The molecule has 0 bridgehead atoms. The van der Waals surface area contributed by atoms with Crippen LogP contribution in [0.2, 0.25) is 0 Å². The van der Waals surface area contributed by atoms with E-state index in [-0.39, 0.29) is 16.2 Å². The maximum absolute atomic E-state index is 13.6. The molecule has 3 N–H and O–H groups in total. The minimum atomic E-state index is -4.60. The van der Waals surface area contributed by atoms with Crippen molar-refractivity contribution in [3.8, 4) is 11.5 Å². The molecule has 6 nitrogen and oxygen atoms in total. The van der Waals surface area contributed by atoms with Gasteiger partial charge >= 0.3 is 6.18 Å². The van der Waals surface area contributed by atoms with Crippen molar-refractivity contribution in [2.45, 2.75) is 19.1 Å². The molecule has 3 rings (SSSR count). The number of nitrogens with one attached hydrogen (secondary N) is 3. The molecule has 2 aromatic carbocycles. The second kappa shape index (κ2) is 8.84. The quantitative estimate of drug-likeness (QED) is 0.594. The van der Waals surface area contributed by atoms with Gasteiger partial charge in [0.15, 0.2) is 5.11 Å². The lowest BCUT2D eigenvalue weighted by Gasteiger charge is -2.32. The number of hydrogen-bond donors (Lipinski definition) is 3. The number of carbonyl (C=O) groups excluding carboxylic acids is 1. The summed E-state index contributed by atoms with van der Waals surface area (Å²) in [6.07, 6.45) is -4.60. The van der Waals surface area contributed by atoms with Gasteiger partial charge in [-0.3, -0.25) is 4.79 Å². The largest absolute Gasteiger partial charge is 0.497 e. The number of ether oxygens (including phenoxy) is 2. The van der Waals surface area contributed by atoms with E-state index in [1.54, 1.807) is 25.1 Å². The minimum absolute atomic E-state index is 0.0650. The Balaban J connectivity index is 2.05. The standard InChI is InChI=1S/C21H20F3N3O3S/c1-11-17(19(28)26-15-10-12(29-2)8-9-16(15)30-3)18(27-20(31)25-11)13-6-4-5-7-14(13)21(22,23)24/h4-10,18H,1-3H3,(H,26,28)(H2,25,27,31). The van der Waals surface area contributed by atoms with Crippen molar-refractivity contribution in [3.63, 3.8) is 0 Å². The molecule has 0 aromatic heterocycles. The zero-order chi connectivity index (χ0) is 22.8. The monoisotopic (exact) mass is 451 g/mol. The molecule has 1 aliphatic rings. The van der Waals surface area contributed by atoms with Crippen molar-refractivity contribution >= 4 is 28.9 Å². The number of amides is 1. The summed E-state index contributed by atoms with van der Waals surface area (Å²) in [7, 11) is 2.91. The zero-order valence-corrected chi connectivity index (χ0v) is 17.7. The molecule has 1 atom stereocenters. The summed E-state index contributed by atoms with van der Waals surface area (Å²) in [5.41, 5.74) is -0.251. The second-order valence-electron chi connectivity index (χ2n) is 6.68. The number of carbonyl (C=O) groups is 1. The topological polar surface area (TPSA) is 71.6 Å². The minimum Gasteiger partial charge on any atom is -0.497 e. The smallest absolute Gasteiger partial charge is 0.416 e. The Morgan fingerprint density at radius 1 is 1.13 bits per heavy atom. The van der Waals surface area contributed by atoms with Crippen molar-refractivity contribution in [1.82, 2.24) is 10.6 Å².